The number of allylic oxidation sites excluding steroid dienone is 2. The minimum Gasteiger partial charge on any atom is -0.497 e. The van der Waals surface area contributed by atoms with Crippen LogP contribution in [-0.4, -0.2) is 20.2 Å². The number of benzene rings is 1. The number of aryl methyl sites for hydroxylation is 1. The van der Waals surface area contributed by atoms with E-state index in [1.165, 1.54) is 36.8 Å². The van der Waals surface area contributed by atoms with Gasteiger partial charge in [-0.1, -0.05) is 12.1 Å². The van der Waals surface area contributed by atoms with Crippen molar-refractivity contribution in [3.8, 4) is 5.75 Å². The van der Waals surface area contributed by atoms with Crippen molar-refractivity contribution >= 4 is 18.0 Å². The summed E-state index contributed by atoms with van der Waals surface area (Å²) in [7, 11) is 1.75. The molecule has 104 valence electrons. The second kappa shape index (κ2) is 6.44. The third kappa shape index (κ3) is 2.96. The van der Waals surface area contributed by atoms with Crippen LogP contribution in [0.2, 0.25) is 0 Å². The molecule has 0 amide bonds. The molecule has 0 radical (unpaired) electrons. The predicted molar refractivity (Wildman–Crippen MR) is 82.1 cm³/mol. The van der Waals surface area contributed by atoms with E-state index >= 15 is 0 Å². The molecule has 1 saturated heterocycles. The zero-order valence-electron chi connectivity index (χ0n) is 11.4. The fourth-order valence-electron chi connectivity index (χ4n) is 3.18. The van der Waals surface area contributed by atoms with Gasteiger partial charge in [-0.05, 0) is 73.5 Å². The molecule has 3 rings (SSSR count). The number of hydrogen-bond acceptors (Lipinski definition) is 2. The van der Waals surface area contributed by atoms with Crippen LogP contribution in [0.25, 0.3) is 5.57 Å². The first kappa shape index (κ1) is 14.4. The van der Waals surface area contributed by atoms with Crippen LogP contribution in [0.1, 0.15) is 30.4 Å². The van der Waals surface area contributed by atoms with Crippen molar-refractivity contribution in [1.29, 1.82) is 0 Å². The first-order valence-electron chi connectivity index (χ1n) is 6.96. The van der Waals surface area contributed by atoms with E-state index in [0.29, 0.717) is 0 Å². The van der Waals surface area contributed by atoms with Crippen LogP contribution in [0.5, 0.6) is 5.75 Å². The highest BCUT2D eigenvalue weighted by atomic mass is 35.5. The van der Waals surface area contributed by atoms with Gasteiger partial charge >= 0.3 is 0 Å². The van der Waals surface area contributed by atoms with E-state index in [1.807, 2.05) is 0 Å². The van der Waals surface area contributed by atoms with E-state index in [4.69, 9.17) is 4.74 Å². The van der Waals surface area contributed by atoms with Gasteiger partial charge in [-0.2, -0.15) is 0 Å². The molecular formula is C16H22ClNO. The highest BCUT2D eigenvalue weighted by Gasteiger charge is 2.22. The van der Waals surface area contributed by atoms with Crippen molar-refractivity contribution in [2.24, 2.45) is 5.92 Å². The lowest BCUT2D eigenvalue weighted by molar-refractivity contribution is 0.414. The first-order valence-corrected chi connectivity index (χ1v) is 6.96. The summed E-state index contributed by atoms with van der Waals surface area (Å²) in [5.74, 6) is 1.72. The lowest BCUT2D eigenvalue weighted by Crippen LogP contribution is -2.28. The van der Waals surface area contributed by atoms with Crippen molar-refractivity contribution in [2.75, 3.05) is 20.2 Å². The Morgan fingerprint density at radius 1 is 1.21 bits per heavy atom. The minimum atomic E-state index is 0. The van der Waals surface area contributed by atoms with Gasteiger partial charge < -0.3 is 10.1 Å². The highest BCUT2D eigenvalue weighted by molar-refractivity contribution is 5.85. The maximum Gasteiger partial charge on any atom is 0.119 e. The van der Waals surface area contributed by atoms with Gasteiger partial charge in [0.05, 0.1) is 7.11 Å². The van der Waals surface area contributed by atoms with Gasteiger partial charge in [-0.3, -0.25) is 0 Å². The van der Waals surface area contributed by atoms with Crippen molar-refractivity contribution in [1.82, 2.24) is 5.32 Å². The topological polar surface area (TPSA) is 21.3 Å². The number of methoxy groups -OCH3 is 1. The molecule has 0 saturated carbocycles. The predicted octanol–water partition coefficient (Wildman–Crippen LogP) is 3.45. The molecule has 1 aliphatic carbocycles. The molecule has 0 bridgehead atoms. The second-order valence-corrected chi connectivity index (χ2v) is 5.25. The van der Waals surface area contributed by atoms with Crippen molar-refractivity contribution < 1.29 is 4.74 Å². The Morgan fingerprint density at radius 3 is 2.74 bits per heavy atom. The summed E-state index contributed by atoms with van der Waals surface area (Å²) in [6, 6.07) is 6.55. The van der Waals surface area contributed by atoms with Crippen molar-refractivity contribution in [3.63, 3.8) is 0 Å². The average molecular weight is 280 g/mol. The number of piperidine rings is 1. The standard InChI is InChI=1S/C16H21NO.ClH/c1-18-14-6-5-12-3-2-4-15(16(12)11-14)13-7-9-17-10-8-13;/h4-6,11,13,17H,2-3,7-10H2,1H3;1H. The summed E-state index contributed by atoms with van der Waals surface area (Å²) in [5.41, 5.74) is 4.50. The molecule has 2 nitrogen and oxygen atoms in total. The van der Waals surface area contributed by atoms with E-state index in [9.17, 15) is 0 Å². The normalized spacial score (nSPS) is 19.1. The fourth-order valence-corrected chi connectivity index (χ4v) is 3.18. The largest absolute Gasteiger partial charge is 0.497 e. The average Bonchev–Trinajstić information content (AvgIpc) is 2.47. The Kier molecular flexibility index (Phi) is 4.89. The maximum atomic E-state index is 5.38. The van der Waals surface area contributed by atoms with Crippen LogP contribution in [0.3, 0.4) is 0 Å². The fraction of sp³-hybridized carbons (Fsp3) is 0.500. The van der Waals surface area contributed by atoms with E-state index in [1.54, 1.807) is 12.7 Å². The number of rotatable bonds is 2. The summed E-state index contributed by atoms with van der Waals surface area (Å²) in [5, 5.41) is 3.45. The third-order valence-corrected chi connectivity index (χ3v) is 4.18. The lowest BCUT2D eigenvalue weighted by Gasteiger charge is -2.29. The van der Waals surface area contributed by atoms with Crippen molar-refractivity contribution in [2.45, 2.75) is 25.7 Å². The van der Waals surface area contributed by atoms with Gasteiger partial charge in [-0.15, -0.1) is 12.4 Å². The molecule has 1 fully saturated rings. The number of nitrogens with one attached hydrogen (secondary N) is 1. The first-order chi connectivity index (χ1) is 8.88. The molecule has 3 heteroatoms. The third-order valence-electron chi connectivity index (χ3n) is 4.18. The number of hydrogen-bond donors (Lipinski definition) is 1. The molecule has 0 aromatic heterocycles. The van der Waals surface area contributed by atoms with E-state index in [-0.39, 0.29) is 12.4 Å². The highest BCUT2D eigenvalue weighted by Crippen LogP contribution is 2.37. The van der Waals surface area contributed by atoms with Gasteiger partial charge in [0.15, 0.2) is 0 Å². The van der Waals surface area contributed by atoms with Crippen molar-refractivity contribution in [3.05, 3.63) is 35.4 Å². The molecule has 0 unspecified atom stereocenters. The van der Waals surface area contributed by atoms with Gasteiger partial charge in [0, 0.05) is 0 Å². The van der Waals surface area contributed by atoms with E-state index in [2.05, 4.69) is 29.6 Å². The quantitative estimate of drug-likeness (QED) is 0.895. The smallest absolute Gasteiger partial charge is 0.119 e. The van der Waals surface area contributed by atoms with Crippen LogP contribution in [-0.2, 0) is 6.42 Å². The second-order valence-electron chi connectivity index (χ2n) is 5.25. The summed E-state index contributed by atoms with van der Waals surface area (Å²) < 4.78 is 5.38. The maximum absolute atomic E-state index is 5.38. The Hall–Kier alpha value is -0.990. The molecule has 1 N–H and O–H groups in total. The molecule has 1 aromatic rings. The summed E-state index contributed by atoms with van der Waals surface area (Å²) >= 11 is 0. The lowest BCUT2D eigenvalue weighted by atomic mass is 9.80. The van der Waals surface area contributed by atoms with Crippen LogP contribution < -0.4 is 10.1 Å². The van der Waals surface area contributed by atoms with Gasteiger partial charge in [0.2, 0.25) is 0 Å². The Labute approximate surface area is 121 Å². The van der Waals surface area contributed by atoms with Gasteiger partial charge in [0.25, 0.3) is 0 Å². The number of fused-ring (bicyclic) bond motifs is 1. The minimum absolute atomic E-state index is 0. The SMILES string of the molecule is COc1ccc2c(c1)C(C1CCNCC1)=CCC2.Cl. The summed E-state index contributed by atoms with van der Waals surface area (Å²) in [6.07, 6.45) is 7.36. The zero-order chi connectivity index (χ0) is 12.4. The van der Waals surface area contributed by atoms with Crippen LogP contribution in [0.15, 0.2) is 24.3 Å². The summed E-state index contributed by atoms with van der Waals surface area (Å²) in [4.78, 5) is 0. The molecule has 2 aliphatic rings. The Bertz CT molecular complexity index is 464. The Balaban J connectivity index is 0.00000133. The zero-order valence-corrected chi connectivity index (χ0v) is 12.3. The number of halogens is 1. The summed E-state index contributed by atoms with van der Waals surface area (Å²) in [6.45, 7) is 2.31. The molecule has 1 aromatic carbocycles. The van der Waals surface area contributed by atoms with Gasteiger partial charge in [0.1, 0.15) is 5.75 Å². The molecule has 0 atom stereocenters. The van der Waals surface area contributed by atoms with Crippen LogP contribution in [0.4, 0.5) is 0 Å². The number of ether oxygens (including phenoxy) is 1. The van der Waals surface area contributed by atoms with Gasteiger partial charge in [-0.25, -0.2) is 0 Å². The Morgan fingerprint density at radius 2 is 2.00 bits per heavy atom. The van der Waals surface area contributed by atoms with Crippen LogP contribution in [0, 0.1) is 5.92 Å². The van der Waals surface area contributed by atoms with Crippen LogP contribution >= 0.6 is 12.4 Å². The molecule has 1 heterocycles. The molecule has 1 aliphatic heterocycles. The molecular weight excluding hydrogens is 258 g/mol. The monoisotopic (exact) mass is 279 g/mol. The molecule has 19 heavy (non-hydrogen) atoms. The molecule has 0 spiro atoms. The van der Waals surface area contributed by atoms with E-state index in [0.717, 1.165) is 24.8 Å². The van der Waals surface area contributed by atoms with E-state index < -0.39 is 0 Å².